The third-order valence-corrected chi connectivity index (χ3v) is 14.6. The molecule has 0 amide bonds. The predicted octanol–water partition coefficient (Wildman–Crippen LogP) is 23.1. The number of carbonyl (C=O) groups is 3. The van der Waals surface area contributed by atoms with Gasteiger partial charge in [0.2, 0.25) is 0 Å². The van der Waals surface area contributed by atoms with Gasteiger partial charge in [-0.05, 0) is 89.9 Å². The van der Waals surface area contributed by atoms with E-state index in [1.54, 1.807) is 0 Å². The molecule has 0 aromatic carbocycles. The summed E-state index contributed by atoms with van der Waals surface area (Å²) in [6, 6.07) is 0. The van der Waals surface area contributed by atoms with Gasteiger partial charge in [-0.25, -0.2) is 0 Å². The predicted molar refractivity (Wildman–Crippen MR) is 339 cm³/mol. The molecule has 0 aromatic rings. The van der Waals surface area contributed by atoms with Crippen molar-refractivity contribution in [2.45, 2.75) is 341 Å². The first-order valence-electron chi connectivity index (χ1n) is 33.6. The summed E-state index contributed by atoms with van der Waals surface area (Å²) in [6.45, 7) is 6.43. The Morgan fingerprint density at radius 1 is 0.269 bits per heavy atom. The summed E-state index contributed by atoms with van der Waals surface area (Å²) >= 11 is 0. The molecule has 450 valence electrons. The van der Waals surface area contributed by atoms with Crippen LogP contribution in [0.1, 0.15) is 335 Å². The maximum absolute atomic E-state index is 12.9. The first-order valence-corrected chi connectivity index (χ1v) is 33.6. The lowest BCUT2D eigenvalue weighted by Crippen LogP contribution is -2.30. The first kappa shape index (κ1) is 74.6. The summed E-state index contributed by atoms with van der Waals surface area (Å²) in [7, 11) is 0. The van der Waals surface area contributed by atoms with E-state index in [1.807, 2.05) is 0 Å². The molecule has 1 atom stereocenters. The van der Waals surface area contributed by atoms with Gasteiger partial charge in [0.1, 0.15) is 13.2 Å². The van der Waals surface area contributed by atoms with Gasteiger partial charge in [0.15, 0.2) is 6.10 Å². The largest absolute Gasteiger partial charge is 0.462 e. The van der Waals surface area contributed by atoms with Crippen molar-refractivity contribution in [1.82, 2.24) is 0 Å². The molecule has 0 rings (SSSR count). The van der Waals surface area contributed by atoms with Gasteiger partial charge in [-0.3, -0.25) is 14.4 Å². The minimum Gasteiger partial charge on any atom is -0.462 e. The number of unbranched alkanes of at least 4 members (excludes halogenated alkanes) is 36. The maximum Gasteiger partial charge on any atom is 0.306 e. The topological polar surface area (TPSA) is 78.9 Å². The second-order valence-corrected chi connectivity index (χ2v) is 22.3. The van der Waals surface area contributed by atoms with E-state index in [2.05, 4.69) is 106 Å². The summed E-state index contributed by atoms with van der Waals surface area (Å²) in [5, 5.41) is 0. The Kier molecular flexibility index (Phi) is 63.2. The van der Waals surface area contributed by atoms with E-state index in [4.69, 9.17) is 14.2 Å². The van der Waals surface area contributed by atoms with Gasteiger partial charge < -0.3 is 14.2 Å². The molecule has 0 aliphatic rings. The molecule has 0 fully saturated rings. The van der Waals surface area contributed by atoms with E-state index in [0.717, 1.165) is 109 Å². The molecular formula is C72H126O6. The fourth-order valence-electron chi connectivity index (χ4n) is 9.69. The van der Waals surface area contributed by atoms with Crippen LogP contribution >= 0.6 is 0 Å². The molecule has 0 N–H and O–H groups in total. The van der Waals surface area contributed by atoms with Crippen LogP contribution in [0, 0.1) is 0 Å². The molecule has 0 heterocycles. The van der Waals surface area contributed by atoms with Crippen molar-refractivity contribution in [3.63, 3.8) is 0 Å². The highest BCUT2D eigenvalue weighted by atomic mass is 16.6. The Morgan fingerprint density at radius 2 is 0.500 bits per heavy atom. The van der Waals surface area contributed by atoms with Crippen LogP contribution in [0.15, 0.2) is 85.1 Å². The lowest BCUT2D eigenvalue weighted by atomic mass is 10.0. The average molecular weight is 1090 g/mol. The van der Waals surface area contributed by atoms with E-state index in [0.29, 0.717) is 19.3 Å². The van der Waals surface area contributed by atoms with E-state index < -0.39 is 6.10 Å². The van der Waals surface area contributed by atoms with E-state index in [9.17, 15) is 14.4 Å². The van der Waals surface area contributed by atoms with Gasteiger partial charge in [0.25, 0.3) is 0 Å². The van der Waals surface area contributed by atoms with Crippen molar-refractivity contribution in [1.29, 1.82) is 0 Å². The smallest absolute Gasteiger partial charge is 0.306 e. The zero-order valence-electron chi connectivity index (χ0n) is 51.7. The van der Waals surface area contributed by atoms with Gasteiger partial charge in [-0.1, -0.05) is 311 Å². The van der Waals surface area contributed by atoms with Crippen molar-refractivity contribution < 1.29 is 28.6 Å². The fourth-order valence-corrected chi connectivity index (χ4v) is 9.69. The average Bonchev–Trinajstić information content (AvgIpc) is 3.44. The number of carbonyl (C=O) groups excluding carboxylic acids is 3. The van der Waals surface area contributed by atoms with E-state index >= 15 is 0 Å². The second kappa shape index (κ2) is 66.1. The van der Waals surface area contributed by atoms with Crippen LogP contribution in [-0.4, -0.2) is 37.2 Å². The third-order valence-electron chi connectivity index (χ3n) is 14.6. The van der Waals surface area contributed by atoms with Crippen LogP contribution in [0.25, 0.3) is 0 Å². The van der Waals surface area contributed by atoms with E-state index in [1.165, 1.54) is 186 Å². The molecule has 0 aliphatic carbocycles. The Hall–Kier alpha value is -3.41. The Morgan fingerprint density at radius 3 is 0.795 bits per heavy atom. The number of rotatable bonds is 61. The van der Waals surface area contributed by atoms with Gasteiger partial charge in [-0.15, -0.1) is 0 Å². The zero-order valence-corrected chi connectivity index (χ0v) is 51.7. The lowest BCUT2D eigenvalue weighted by molar-refractivity contribution is -0.167. The summed E-state index contributed by atoms with van der Waals surface area (Å²) in [5.41, 5.74) is 0. The van der Waals surface area contributed by atoms with Crippen molar-refractivity contribution in [3.8, 4) is 0 Å². The molecule has 1 unspecified atom stereocenters. The van der Waals surface area contributed by atoms with Crippen LogP contribution in [0.2, 0.25) is 0 Å². The molecule has 6 heteroatoms. The number of esters is 3. The summed E-state index contributed by atoms with van der Waals surface area (Å²) in [6.07, 6.45) is 87.6. The number of hydrogen-bond donors (Lipinski definition) is 0. The normalized spacial score (nSPS) is 12.6. The summed E-state index contributed by atoms with van der Waals surface area (Å²) in [4.78, 5) is 38.3. The first-order chi connectivity index (χ1) is 38.5. The molecule has 0 saturated heterocycles. The Bertz CT molecular complexity index is 1480. The zero-order chi connectivity index (χ0) is 56.4. The lowest BCUT2D eigenvalue weighted by Gasteiger charge is -2.18. The van der Waals surface area contributed by atoms with Crippen LogP contribution in [0.4, 0.5) is 0 Å². The highest BCUT2D eigenvalue weighted by Gasteiger charge is 2.19. The third kappa shape index (κ3) is 63.4. The highest BCUT2D eigenvalue weighted by Crippen LogP contribution is 2.18. The molecule has 0 spiro atoms. The quantitative estimate of drug-likeness (QED) is 0.0261. The molecule has 6 nitrogen and oxygen atoms in total. The van der Waals surface area contributed by atoms with Crippen molar-refractivity contribution in [2.24, 2.45) is 0 Å². The maximum atomic E-state index is 12.9. The minimum atomic E-state index is -0.786. The van der Waals surface area contributed by atoms with Crippen LogP contribution in [-0.2, 0) is 28.6 Å². The highest BCUT2D eigenvalue weighted by molar-refractivity contribution is 5.71. The summed E-state index contributed by atoms with van der Waals surface area (Å²) < 4.78 is 16.9. The summed E-state index contributed by atoms with van der Waals surface area (Å²) in [5.74, 6) is -0.894. The fraction of sp³-hybridized carbons (Fsp3) is 0.764. The molecule has 0 saturated carbocycles. The number of hydrogen-bond acceptors (Lipinski definition) is 6. The second-order valence-electron chi connectivity index (χ2n) is 22.3. The molecular weight excluding hydrogens is 961 g/mol. The molecule has 0 bridgehead atoms. The number of allylic oxidation sites excluding steroid dienone is 14. The molecule has 0 aliphatic heterocycles. The van der Waals surface area contributed by atoms with Gasteiger partial charge in [0.05, 0.1) is 0 Å². The SMILES string of the molecule is CC/C=C\C/C=C\C/C=C\C/C=C\CCCCCCCCCCCCCCCCCCCCC(=O)OCC(COC(=O)CCCCC/C=C\C/C=C\C/C=C\CC)OC(=O)CCCCCCCCCCCCCCCCCC. The van der Waals surface area contributed by atoms with Crippen LogP contribution in [0.5, 0.6) is 0 Å². The minimum absolute atomic E-state index is 0.0810. The Labute approximate surface area is 484 Å². The Balaban J connectivity index is 4.17. The monoisotopic (exact) mass is 1090 g/mol. The van der Waals surface area contributed by atoms with Crippen LogP contribution in [0.3, 0.4) is 0 Å². The van der Waals surface area contributed by atoms with E-state index in [-0.39, 0.29) is 31.1 Å². The van der Waals surface area contributed by atoms with Gasteiger partial charge in [0, 0.05) is 19.3 Å². The standard InChI is InChI=1S/C72H126O6/c1-4-7-10-13-16-19-22-25-27-29-30-31-32-33-34-35-36-37-38-39-40-41-42-43-45-47-50-53-56-59-62-65-71(74)77-68-69(67-76-70(73)64-61-58-55-52-49-46-24-21-18-15-12-9-6-3)78-72(75)66-63-60-57-54-51-48-44-28-26-23-20-17-14-11-8-5-2/h7,9-10,12,16,18-19,21,25,27,30-31,46,49,69H,4-6,8,11,13-15,17,20,22-24,26,28-29,32-45,47-48,50-68H2,1-3H3/b10-7-,12-9-,19-16-,21-18-,27-25-,31-30-,49-46-. The van der Waals surface area contributed by atoms with Crippen molar-refractivity contribution >= 4 is 17.9 Å². The van der Waals surface area contributed by atoms with Crippen molar-refractivity contribution in [2.75, 3.05) is 13.2 Å². The van der Waals surface area contributed by atoms with Gasteiger partial charge in [-0.2, -0.15) is 0 Å². The number of ether oxygens (including phenoxy) is 3. The van der Waals surface area contributed by atoms with Crippen LogP contribution < -0.4 is 0 Å². The molecule has 0 radical (unpaired) electrons. The molecule has 78 heavy (non-hydrogen) atoms. The van der Waals surface area contributed by atoms with Crippen molar-refractivity contribution in [3.05, 3.63) is 85.1 Å². The van der Waals surface area contributed by atoms with Gasteiger partial charge >= 0.3 is 17.9 Å². The molecule has 0 aromatic heterocycles.